The zero-order chi connectivity index (χ0) is 16.5. The third kappa shape index (κ3) is 5.27. The number of halogens is 1. The molecule has 0 aromatic heterocycles. The molecule has 1 amide bonds. The minimum Gasteiger partial charge on any atom is -0.493 e. The summed E-state index contributed by atoms with van der Waals surface area (Å²) in [6.07, 6.45) is 3.43. The molecule has 1 aromatic carbocycles. The van der Waals surface area contributed by atoms with E-state index in [0.717, 1.165) is 4.47 Å². The standard InChI is InChI=1S/C16H19BrN2O2S/c1-4-9-19(10-5-2)16(22)18-15(20)13-11-12(17)7-8-14(13)21-6-3/h4-5,7-8,11H,1-2,6,9-10H2,3H3,(H,18,20,22). The fourth-order valence-electron chi connectivity index (χ4n) is 1.76. The van der Waals surface area contributed by atoms with E-state index in [1.807, 2.05) is 13.0 Å². The van der Waals surface area contributed by atoms with Crippen molar-refractivity contribution in [3.63, 3.8) is 0 Å². The molecule has 118 valence electrons. The first-order valence-electron chi connectivity index (χ1n) is 6.77. The number of hydrogen-bond acceptors (Lipinski definition) is 3. The van der Waals surface area contributed by atoms with Gasteiger partial charge in [0.05, 0.1) is 12.2 Å². The van der Waals surface area contributed by atoms with Gasteiger partial charge in [-0.2, -0.15) is 0 Å². The smallest absolute Gasteiger partial charge is 0.261 e. The van der Waals surface area contributed by atoms with Crippen LogP contribution in [0.2, 0.25) is 0 Å². The number of hydrogen-bond donors (Lipinski definition) is 1. The number of thiocarbonyl (C=S) groups is 1. The van der Waals surface area contributed by atoms with E-state index in [1.165, 1.54) is 0 Å². The first-order valence-corrected chi connectivity index (χ1v) is 7.98. The van der Waals surface area contributed by atoms with Crippen molar-refractivity contribution in [2.24, 2.45) is 0 Å². The van der Waals surface area contributed by atoms with Crippen molar-refractivity contribution in [3.05, 3.63) is 53.5 Å². The SMILES string of the molecule is C=CCN(CC=C)C(=S)NC(=O)c1cc(Br)ccc1OCC. The first-order chi connectivity index (χ1) is 10.5. The van der Waals surface area contributed by atoms with Gasteiger partial charge in [0.1, 0.15) is 5.75 Å². The Balaban J connectivity index is 2.91. The molecule has 0 saturated carbocycles. The topological polar surface area (TPSA) is 41.6 Å². The van der Waals surface area contributed by atoms with Gasteiger partial charge in [0.15, 0.2) is 5.11 Å². The number of amides is 1. The van der Waals surface area contributed by atoms with E-state index < -0.39 is 0 Å². The summed E-state index contributed by atoms with van der Waals surface area (Å²) >= 11 is 8.62. The van der Waals surface area contributed by atoms with Crippen LogP contribution in [0.25, 0.3) is 0 Å². The second-order valence-corrected chi connectivity index (χ2v) is 5.62. The molecule has 4 nitrogen and oxygen atoms in total. The molecule has 0 aliphatic heterocycles. The van der Waals surface area contributed by atoms with Crippen molar-refractivity contribution >= 4 is 39.2 Å². The van der Waals surface area contributed by atoms with Crippen LogP contribution in [0.4, 0.5) is 0 Å². The number of rotatable bonds is 7. The summed E-state index contributed by atoms with van der Waals surface area (Å²) in [6.45, 7) is 10.8. The lowest BCUT2D eigenvalue weighted by Gasteiger charge is -2.22. The molecule has 0 heterocycles. The largest absolute Gasteiger partial charge is 0.493 e. The molecule has 0 spiro atoms. The summed E-state index contributed by atoms with van der Waals surface area (Å²) < 4.78 is 6.27. The van der Waals surface area contributed by atoms with Gasteiger partial charge in [0.2, 0.25) is 0 Å². The maximum absolute atomic E-state index is 12.4. The number of nitrogens with zero attached hydrogens (tertiary/aromatic N) is 1. The molecule has 22 heavy (non-hydrogen) atoms. The summed E-state index contributed by atoms with van der Waals surface area (Å²) in [5.41, 5.74) is 0.427. The fourth-order valence-corrected chi connectivity index (χ4v) is 2.36. The Bertz CT molecular complexity index is 565. The molecule has 1 rings (SSSR count). The number of benzene rings is 1. The Morgan fingerprint density at radius 2 is 2.05 bits per heavy atom. The number of nitrogens with one attached hydrogen (secondary N) is 1. The summed E-state index contributed by atoms with van der Waals surface area (Å²) in [5, 5.41) is 3.04. The second kappa shape index (κ2) is 9.38. The molecule has 0 fully saturated rings. The highest BCUT2D eigenvalue weighted by Crippen LogP contribution is 2.23. The van der Waals surface area contributed by atoms with E-state index in [1.54, 1.807) is 29.2 Å². The van der Waals surface area contributed by atoms with Crippen molar-refractivity contribution in [1.82, 2.24) is 10.2 Å². The Hall–Kier alpha value is -1.66. The highest BCUT2D eigenvalue weighted by Gasteiger charge is 2.16. The third-order valence-corrected chi connectivity index (χ3v) is 3.55. The van der Waals surface area contributed by atoms with Gasteiger partial charge in [-0.25, -0.2) is 0 Å². The van der Waals surface area contributed by atoms with E-state index >= 15 is 0 Å². The van der Waals surface area contributed by atoms with Crippen LogP contribution in [-0.2, 0) is 0 Å². The highest BCUT2D eigenvalue weighted by molar-refractivity contribution is 9.10. The molecule has 6 heteroatoms. The lowest BCUT2D eigenvalue weighted by molar-refractivity contribution is 0.0970. The quantitative estimate of drug-likeness (QED) is 0.578. The minimum atomic E-state index is -0.312. The number of ether oxygens (including phenoxy) is 1. The lowest BCUT2D eigenvalue weighted by atomic mass is 10.2. The molecular weight excluding hydrogens is 364 g/mol. The van der Waals surface area contributed by atoms with E-state index in [0.29, 0.717) is 36.1 Å². The van der Waals surface area contributed by atoms with Crippen molar-refractivity contribution in [3.8, 4) is 5.75 Å². The molecule has 0 aliphatic rings. The molecule has 0 bridgehead atoms. The van der Waals surface area contributed by atoms with Crippen LogP contribution in [0, 0.1) is 0 Å². The fraction of sp³-hybridized carbons (Fsp3) is 0.250. The van der Waals surface area contributed by atoms with Gasteiger partial charge in [-0.15, -0.1) is 13.2 Å². The second-order valence-electron chi connectivity index (χ2n) is 4.32. The number of carbonyl (C=O) groups excluding carboxylic acids is 1. The Morgan fingerprint density at radius 1 is 1.41 bits per heavy atom. The van der Waals surface area contributed by atoms with Gasteiger partial charge >= 0.3 is 0 Å². The monoisotopic (exact) mass is 382 g/mol. The van der Waals surface area contributed by atoms with Crippen molar-refractivity contribution < 1.29 is 9.53 Å². The first kappa shape index (κ1) is 18.4. The van der Waals surface area contributed by atoms with E-state index in [4.69, 9.17) is 17.0 Å². The summed E-state index contributed by atoms with van der Waals surface area (Å²) in [5.74, 6) is 0.206. The Labute approximate surface area is 145 Å². The predicted molar refractivity (Wildman–Crippen MR) is 97.3 cm³/mol. The van der Waals surface area contributed by atoms with Crippen molar-refractivity contribution in [1.29, 1.82) is 0 Å². The lowest BCUT2D eigenvalue weighted by Crippen LogP contribution is -2.42. The average molecular weight is 383 g/mol. The van der Waals surface area contributed by atoms with E-state index in [9.17, 15) is 4.79 Å². The molecule has 1 N–H and O–H groups in total. The van der Waals surface area contributed by atoms with Gasteiger partial charge < -0.3 is 9.64 Å². The molecule has 1 aromatic rings. The van der Waals surface area contributed by atoms with Crippen LogP contribution in [0.15, 0.2) is 48.0 Å². The van der Waals surface area contributed by atoms with Crippen LogP contribution in [0.3, 0.4) is 0 Å². The molecule has 0 unspecified atom stereocenters. The van der Waals surface area contributed by atoms with Gasteiger partial charge in [-0.3, -0.25) is 10.1 Å². The van der Waals surface area contributed by atoms with Crippen LogP contribution in [0.1, 0.15) is 17.3 Å². The zero-order valence-electron chi connectivity index (χ0n) is 12.5. The van der Waals surface area contributed by atoms with Gasteiger partial charge in [0, 0.05) is 17.6 Å². The number of carbonyl (C=O) groups is 1. The zero-order valence-corrected chi connectivity index (χ0v) is 14.9. The molecule has 0 aliphatic carbocycles. The molecule has 0 atom stereocenters. The predicted octanol–water partition coefficient (Wildman–Crippen LogP) is 3.54. The molecule has 0 radical (unpaired) electrons. The van der Waals surface area contributed by atoms with Crippen molar-refractivity contribution in [2.45, 2.75) is 6.92 Å². The van der Waals surface area contributed by atoms with Crippen LogP contribution in [0.5, 0.6) is 5.75 Å². The normalized spacial score (nSPS) is 9.73. The van der Waals surface area contributed by atoms with Crippen LogP contribution >= 0.6 is 28.1 Å². The summed E-state index contributed by atoms with van der Waals surface area (Å²) in [7, 11) is 0. The minimum absolute atomic E-state index is 0.312. The molecular formula is C16H19BrN2O2S. The Morgan fingerprint density at radius 3 is 2.59 bits per heavy atom. The van der Waals surface area contributed by atoms with Gasteiger partial charge in [-0.1, -0.05) is 28.1 Å². The summed E-state index contributed by atoms with van der Waals surface area (Å²) in [6, 6.07) is 5.27. The average Bonchev–Trinajstić information content (AvgIpc) is 2.49. The van der Waals surface area contributed by atoms with Crippen LogP contribution in [-0.4, -0.2) is 35.6 Å². The van der Waals surface area contributed by atoms with E-state index in [2.05, 4.69) is 34.4 Å². The van der Waals surface area contributed by atoms with Crippen LogP contribution < -0.4 is 10.1 Å². The third-order valence-electron chi connectivity index (χ3n) is 2.69. The highest BCUT2D eigenvalue weighted by atomic mass is 79.9. The maximum Gasteiger partial charge on any atom is 0.261 e. The van der Waals surface area contributed by atoms with Gasteiger partial charge in [-0.05, 0) is 37.3 Å². The van der Waals surface area contributed by atoms with Gasteiger partial charge in [0.25, 0.3) is 5.91 Å². The van der Waals surface area contributed by atoms with E-state index in [-0.39, 0.29) is 5.91 Å². The molecule has 0 saturated heterocycles. The van der Waals surface area contributed by atoms with Crippen molar-refractivity contribution in [2.75, 3.05) is 19.7 Å². The maximum atomic E-state index is 12.4. The Kier molecular flexibility index (Phi) is 7.84. The summed E-state index contributed by atoms with van der Waals surface area (Å²) in [4.78, 5) is 14.2.